The van der Waals surface area contributed by atoms with Crippen molar-refractivity contribution in [3.8, 4) is 11.3 Å². The molecule has 1 N–H and O–H groups in total. The molecule has 0 aliphatic rings. The SMILES string of the molecule is N=C(OCc1ccccc1-c1ccc(Br)cn1)C(Cl)(Cl)Cl. The molecule has 0 saturated carbocycles. The van der Waals surface area contributed by atoms with Gasteiger partial charge in [0.1, 0.15) is 6.61 Å². The first-order valence-electron chi connectivity index (χ1n) is 5.86. The number of nitrogens with zero attached hydrogens (tertiary/aromatic N) is 1. The highest BCUT2D eigenvalue weighted by molar-refractivity contribution is 9.10. The second-order valence-corrected chi connectivity index (χ2v) is 7.33. The Hall–Kier alpha value is -0.810. The monoisotopic (exact) mass is 406 g/mol. The molecule has 0 atom stereocenters. The van der Waals surface area contributed by atoms with Crippen LogP contribution in [0.4, 0.5) is 0 Å². The van der Waals surface area contributed by atoms with Crippen molar-refractivity contribution >= 4 is 56.6 Å². The molecule has 2 rings (SSSR count). The lowest BCUT2D eigenvalue weighted by Gasteiger charge is -2.15. The van der Waals surface area contributed by atoms with Gasteiger partial charge in [-0.05, 0) is 33.6 Å². The predicted molar refractivity (Wildman–Crippen MR) is 90.2 cm³/mol. The van der Waals surface area contributed by atoms with Crippen LogP contribution in [0.15, 0.2) is 47.1 Å². The van der Waals surface area contributed by atoms with Crippen molar-refractivity contribution in [3.63, 3.8) is 0 Å². The van der Waals surface area contributed by atoms with E-state index in [1.165, 1.54) is 0 Å². The molecule has 2 aromatic rings. The summed E-state index contributed by atoms with van der Waals surface area (Å²) in [6, 6.07) is 11.4. The molecule has 1 heterocycles. The first kappa shape index (κ1) is 16.6. The van der Waals surface area contributed by atoms with Gasteiger partial charge in [0.15, 0.2) is 0 Å². The standard InChI is InChI=1S/C14H10BrCl3N2O/c15-10-5-6-12(20-7-10)11-4-2-1-3-9(11)8-21-13(19)14(16,17)18/h1-7,19H,8H2. The van der Waals surface area contributed by atoms with Gasteiger partial charge >= 0.3 is 0 Å². The predicted octanol–water partition coefficient (Wildman–Crippen LogP) is 5.38. The van der Waals surface area contributed by atoms with Gasteiger partial charge in [-0.3, -0.25) is 10.4 Å². The molecule has 1 aromatic carbocycles. The quantitative estimate of drug-likeness (QED) is 0.421. The molecule has 110 valence electrons. The third-order valence-corrected chi connectivity index (χ3v) is 3.63. The normalized spacial score (nSPS) is 11.2. The van der Waals surface area contributed by atoms with Crippen LogP contribution < -0.4 is 0 Å². The number of aromatic nitrogens is 1. The molecule has 0 unspecified atom stereocenters. The van der Waals surface area contributed by atoms with Crippen LogP contribution in [-0.2, 0) is 11.3 Å². The molecule has 21 heavy (non-hydrogen) atoms. The Bertz CT molecular complexity index is 641. The summed E-state index contributed by atoms with van der Waals surface area (Å²) in [4.78, 5) is 4.35. The van der Waals surface area contributed by atoms with Crippen molar-refractivity contribution < 1.29 is 4.74 Å². The second-order valence-electron chi connectivity index (χ2n) is 4.13. The number of halogens is 4. The van der Waals surface area contributed by atoms with Crippen molar-refractivity contribution in [2.45, 2.75) is 10.4 Å². The third-order valence-electron chi connectivity index (χ3n) is 2.65. The number of alkyl halides is 3. The van der Waals surface area contributed by atoms with E-state index in [1.54, 1.807) is 6.20 Å². The lowest BCUT2D eigenvalue weighted by atomic mass is 10.0. The Balaban J connectivity index is 2.22. The number of ether oxygens (including phenoxy) is 1. The van der Waals surface area contributed by atoms with Crippen molar-refractivity contribution in [1.29, 1.82) is 5.41 Å². The van der Waals surface area contributed by atoms with E-state index in [0.717, 1.165) is 21.3 Å². The number of hydrogen-bond acceptors (Lipinski definition) is 3. The molecule has 0 radical (unpaired) electrons. The van der Waals surface area contributed by atoms with E-state index >= 15 is 0 Å². The molecule has 0 aliphatic heterocycles. The van der Waals surface area contributed by atoms with Crippen LogP contribution in [-0.4, -0.2) is 14.7 Å². The lowest BCUT2D eigenvalue weighted by Crippen LogP contribution is -2.21. The average molecular weight is 409 g/mol. The summed E-state index contributed by atoms with van der Waals surface area (Å²) in [5, 5.41) is 7.55. The molecule has 0 saturated heterocycles. The van der Waals surface area contributed by atoms with Gasteiger partial charge in [-0.25, -0.2) is 0 Å². The maximum atomic E-state index is 7.55. The topological polar surface area (TPSA) is 46.0 Å². The Morgan fingerprint density at radius 1 is 1.19 bits per heavy atom. The number of pyridine rings is 1. The van der Waals surface area contributed by atoms with Gasteiger partial charge in [0, 0.05) is 16.2 Å². The van der Waals surface area contributed by atoms with Crippen molar-refractivity contribution in [3.05, 3.63) is 52.6 Å². The summed E-state index contributed by atoms with van der Waals surface area (Å²) < 4.78 is 4.27. The van der Waals surface area contributed by atoms with Crippen LogP contribution in [0.2, 0.25) is 0 Å². The van der Waals surface area contributed by atoms with Gasteiger partial charge in [-0.2, -0.15) is 0 Å². The molecule has 0 fully saturated rings. The zero-order chi connectivity index (χ0) is 15.5. The van der Waals surface area contributed by atoms with Crippen LogP contribution in [0.1, 0.15) is 5.56 Å². The van der Waals surface area contributed by atoms with Gasteiger partial charge in [-0.15, -0.1) is 0 Å². The molecular formula is C14H10BrCl3N2O. The first-order valence-corrected chi connectivity index (χ1v) is 7.79. The van der Waals surface area contributed by atoms with Crippen molar-refractivity contribution in [2.24, 2.45) is 0 Å². The van der Waals surface area contributed by atoms with E-state index in [4.69, 9.17) is 44.9 Å². The first-order chi connectivity index (χ1) is 9.88. The van der Waals surface area contributed by atoms with E-state index in [1.807, 2.05) is 36.4 Å². The minimum absolute atomic E-state index is 0.126. The van der Waals surface area contributed by atoms with Crippen LogP contribution in [0, 0.1) is 5.41 Å². The van der Waals surface area contributed by atoms with Crippen molar-refractivity contribution in [2.75, 3.05) is 0 Å². The Kier molecular flexibility index (Phi) is 5.49. The van der Waals surface area contributed by atoms with Gasteiger partial charge < -0.3 is 4.74 Å². The average Bonchev–Trinajstić information content (AvgIpc) is 2.45. The molecular weight excluding hydrogens is 398 g/mol. The summed E-state index contributed by atoms with van der Waals surface area (Å²) in [5.41, 5.74) is 2.56. The minimum Gasteiger partial charge on any atom is -0.473 e. The van der Waals surface area contributed by atoms with Crippen LogP contribution >= 0.6 is 50.7 Å². The number of nitrogens with one attached hydrogen (secondary N) is 1. The van der Waals surface area contributed by atoms with E-state index in [9.17, 15) is 0 Å². The highest BCUT2D eigenvalue weighted by Gasteiger charge is 2.28. The molecule has 7 heteroatoms. The van der Waals surface area contributed by atoms with Gasteiger partial charge in [-0.1, -0.05) is 59.1 Å². The second kappa shape index (κ2) is 6.97. The number of benzene rings is 1. The smallest absolute Gasteiger partial charge is 0.265 e. The van der Waals surface area contributed by atoms with Crippen LogP contribution in [0.3, 0.4) is 0 Å². The van der Waals surface area contributed by atoms with E-state index in [0.29, 0.717) is 0 Å². The summed E-state index contributed by atoms with van der Waals surface area (Å²) in [6.45, 7) is 0.126. The zero-order valence-corrected chi connectivity index (χ0v) is 14.5. The Morgan fingerprint density at radius 2 is 1.90 bits per heavy atom. The fourth-order valence-electron chi connectivity index (χ4n) is 1.66. The fraction of sp³-hybridized carbons (Fsp3) is 0.143. The molecule has 0 spiro atoms. The molecule has 1 aromatic heterocycles. The summed E-state index contributed by atoms with van der Waals surface area (Å²) in [5.74, 6) is -0.411. The van der Waals surface area contributed by atoms with Crippen molar-refractivity contribution in [1.82, 2.24) is 4.98 Å². The molecule has 0 aliphatic carbocycles. The fourth-order valence-corrected chi connectivity index (χ4v) is 2.06. The Labute approximate surface area is 145 Å². The molecule has 0 bridgehead atoms. The lowest BCUT2D eigenvalue weighted by molar-refractivity contribution is 0.284. The maximum Gasteiger partial charge on any atom is 0.265 e. The summed E-state index contributed by atoms with van der Waals surface area (Å²) >= 11 is 20.1. The van der Waals surface area contributed by atoms with Crippen LogP contribution in [0.25, 0.3) is 11.3 Å². The summed E-state index contributed by atoms with van der Waals surface area (Å²) in [6.07, 6.45) is 1.72. The number of rotatable bonds is 3. The number of hydrogen-bond donors (Lipinski definition) is 1. The minimum atomic E-state index is -1.86. The third kappa shape index (κ3) is 4.58. The molecule has 3 nitrogen and oxygen atoms in total. The highest BCUT2D eigenvalue weighted by Crippen LogP contribution is 2.29. The highest BCUT2D eigenvalue weighted by atomic mass is 79.9. The van der Waals surface area contributed by atoms with Crippen LogP contribution in [0.5, 0.6) is 0 Å². The Morgan fingerprint density at radius 3 is 2.52 bits per heavy atom. The zero-order valence-electron chi connectivity index (χ0n) is 10.6. The molecule has 0 amide bonds. The van der Waals surface area contributed by atoms with E-state index in [2.05, 4.69) is 20.9 Å². The van der Waals surface area contributed by atoms with E-state index in [-0.39, 0.29) is 6.61 Å². The van der Waals surface area contributed by atoms with Gasteiger partial charge in [0.25, 0.3) is 3.79 Å². The van der Waals surface area contributed by atoms with Gasteiger partial charge in [0.2, 0.25) is 5.90 Å². The summed E-state index contributed by atoms with van der Waals surface area (Å²) in [7, 11) is 0. The largest absolute Gasteiger partial charge is 0.473 e. The maximum absolute atomic E-state index is 7.55. The van der Waals surface area contributed by atoms with Gasteiger partial charge in [0.05, 0.1) is 5.69 Å². The van der Waals surface area contributed by atoms with E-state index < -0.39 is 9.69 Å².